The predicted molar refractivity (Wildman–Crippen MR) is 86.5 cm³/mol. The summed E-state index contributed by atoms with van der Waals surface area (Å²) in [6, 6.07) is 2.30. The Bertz CT molecular complexity index is 951. The number of carboxylic acids is 1. The third kappa shape index (κ3) is 4.22. The highest BCUT2D eigenvalue weighted by Gasteiger charge is 2.32. The number of halogens is 4. The zero-order valence-corrected chi connectivity index (χ0v) is 14.6. The molecule has 1 heterocycles. The largest absolute Gasteiger partial charge is 0.476 e. The van der Waals surface area contributed by atoms with E-state index in [0.717, 1.165) is 31.6 Å². The van der Waals surface area contributed by atoms with Crippen molar-refractivity contribution in [2.75, 3.05) is 11.4 Å². The Balaban J connectivity index is 2.42. The first-order valence-electron chi connectivity index (χ1n) is 6.80. The van der Waals surface area contributed by atoms with E-state index in [1.807, 2.05) is 0 Å². The second-order valence-corrected chi connectivity index (χ2v) is 7.47. The molecule has 0 atom stereocenters. The third-order valence-corrected chi connectivity index (χ3v) is 5.36. The van der Waals surface area contributed by atoms with Crippen LogP contribution in [0.3, 0.4) is 0 Å². The Morgan fingerprint density at radius 1 is 1.27 bits per heavy atom. The number of benzene rings is 1. The van der Waals surface area contributed by atoms with Crippen molar-refractivity contribution < 1.29 is 31.5 Å². The fourth-order valence-electron chi connectivity index (χ4n) is 2.00. The molecule has 140 valence electrons. The van der Waals surface area contributed by atoms with Crippen molar-refractivity contribution in [2.24, 2.45) is 0 Å². The van der Waals surface area contributed by atoms with Gasteiger partial charge >= 0.3 is 12.1 Å². The van der Waals surface area contributed by atoms with Crippen molar-refractivity contribution in [2.45, 2.75) is 11.9 Å². The van der Waals surface area contributed by atoms with Crippen LogP contribution in [0, 0.1) is 0 Å². The van der Waals surface area contributed by atoms with Gasteiger partial charge in [0.05, 0.1) is 11.3 Å². The minimum atomic E-state index is -4.67. The van der Waals surface area contributed by atoms with Gasteiger partial charge in [-0.15, -0.1) is 0 Å². The molecule has 0 saturated carbocycles. The molecule has 0 radical (unpaired) electrons. The first kappa shape index (κ1) is 19.9. The van der Waals surface area contributed by atoms with Crippen LogP contribution in [0.15, 0.2) is 30.6 Å². The number of aromatic carboxylic acids is 1. The third-order valence-electron chi connectivity index (χ3n) is 3.31. The highest BCUT2D eigenvalue weighted by Crippen LogP contribution is 2.33. The summed E-state index contributed by atoms with van der Waals surface area (Å²) in [6.07, 6.45) is -2.52. The summed E-state index contributed by atoms with van der Waals surface area (Å²) in [5, 5.41) is 8.90. The van der Waals surface area contributed by atoms with E-state index in [1.54, 1.807) is 0 Å². The van der Waals surface area contributed by atoms with E-state index in [1.165, 1.54) is 0 Å². The summed E-state index contributed by atoms with van der Waals surface area (Å²) in [7, 11) is -3.27. The number of sulfonamides is 1. The topological polar surface area (TPSA) is 100 Å². The lowest BCUT2D eigenvalue weighted by atomic mass is 10.1. The van der Waals surface area contributed by atoms with E-state index >= 15 is 0 Å². The van der Waals surface area contributed by atoms with Gasteiger partial charge in [-0.25, -0.2) is 23.2 Å². The molecular formula is C14H11ClF3N3O4S. The van der Waals surface area contributed by atoms with Gasteiger partial charge in [-0.3, -0.25) is 4.31 Å². The summed E-state index contributed by atoms with van der Waals surface area (Å²) in [5.74, 6) is -2.86. The summed E-state index contributed by atoms with van der Waals surface area (Å²) in [4.78, 5) is 18.4. The number of carboxylic acid groups (broad SMARTS) is 1. The van der Waals surface area contributed by atoms with Gasteiger partial charge in [0.2, 0.25) is 10.0 Å². The highest BCUT2D eigenvalue weighted by atomic mass is 35.5. The normalized spacial score (nSPS) is 12.0. The zero-order chi connectivity index (χ0) is 19.7. The van der Waals surface area contributed by atoms with Crippen molar-refractivity contribution in [3.63, 3.8) is 0 Å². The van der Waals surface area contributed by atoms with Gasteiger partial charge < -0.3 is 5.11 Å². The SMILES string of the molecule is CN(c1nccnc1C(=O)O)S(=O)(=O)Cc1cc(C(F)(F)F)ccc1Cl. The molecule has 1 N–H and O–H groups in total. The second-order valence-electron chi connectivity index (χ2n) is 5.06. The minimum absolute atomic E-state index is 0.174. The number of hydrogen-bond donors (Lipinski definition) is 1. The van der Waals surface area contributed by atoms with E-state index in [2.05, 4.69) is 9.97 Å². The lowest BCUT2D eigenvalue weighted by molar-refractivity contribution is -0.137. The number of carbonyl (C=O) groups is 1. The number of hydrogen-bond acceptors (Lipinski definition) is 5. The molecule has 1 aromatic carbocycles. The highest BCUT2D eigenvalue weighted by molar-refractivity contribution is 7.92. The van der Waals surface area contributed by atoms with Gasteiger partial charge in [-0.1, -0.05) is 11.6 Å². The maximum absolute atomic E-state index is 12.8. The first-order valence-corrected chi connectivity index (χ1v) is 8.78. The standard InChI is InChI=1S/C14H11ClF3N3O4S/c1-21(12-11(13(22)23)19-4-5-20-12)26(24,25)7-8-6-9(14(16,17)18)2-3-10(8)15/h2-6H,7H2,1H3,(H,22,23). The van der Waals surface area contributed by atoms with Crippen LogP contribution >= 0.6 is 11.6 Å². The molecule has 7 nitrogen and oxygen atoms in total. The lowest BCUT2D eigenvalue weighted by Crippen LogP contribution is -2.30. The molecular weight excluding hydrogens is 399 g/mol. The first-order chi connectivity index (χ1) is 11.9. The summed E-state index contributed by atoms with van der Waals surface area (Å²) >= 11 is 5.81. The van der Waals surface area contributed by atoms with Crippen LogP contribution in [-0.2, 0) is 22.0 Å². The van der Waals surface area contributed by atoms with Gasteiger partial charge in [0.15, 0.2) is 11.5 Å². The number of anilines is 1. The molecule has 0 bridgehead atoms. The quantitative estimate of drug-likeness (QED) is 0.815. The van der Waals surface area contributed by atoms with Crippen LogP contribution in [0.25, 0.3) is 0 Å². The molecule has 0 amide bonds. The van der Waals surface area contributed by atoms with Crippen LogP contribution < -0.4 is 4.31 Å². The Hall–Kier alpha value is -2.40. The molecule has 0 spiro atoms. The molecule has 0 fully saturated rings. The Kier molecular flexibility index (Phi) is 5.42. The molecule has 0 aliphatic carbocycles. The molecule has 0 aliphatic rings. The van der Waals surface area contributed by atoms with Crippen LogP contribution in [0.5, 0.6) is 0 Å². The maximum Gasteiger partial charge on any atom is 0.416 e. The van der Waals surface area contributed by atoms with E-state index in [-0.39, 0.29) is 10.6 Å². The molecule has 1 aromatic heterocycles. The van der Waals surface area contributed by atoms with Gasteiger partial charge in [0.25, 0.3) is 0 Å². The van der Waals surface area contributed by atoms with Crippen LogP contribution in [0.4, 0.5) is 19.0 Å². The van der Waals surface area contributed by atoms with Crippen LogP contribution in [0.2, 0.25) is 5.02 Å². The molecule has 0 aliphatic heterocycles. The smallest absolute Gasteiger partial charge is 0.416 e. The van der Waals surface area contributed by atoms with E-state index in [4.69, 9.17) is 16.7 Å². The lowest BCUT2D eigenvalue weighted by Gasteiger charge is -2.20. The number of aromatic nitrogens is 2. The van der Waals surface area contributed by atoms with Crippen molar-refractivity contribution in [3.05, 3.63) is 52.4 Å². The van der Waals surface area contributed by atoms with Crippen LogP contribution in [0.1, 0.15) is 21.6 Å². The van der Waals surface area contributed by atoms with Gasteiger partial charge in [-0.2, -0.15) is 13.2 Å². The average molecular weight is 410 g/mol. The van der Waals surface area contributed by atoms with Crippen LogP contribution in [-0.4, -0.2) is 36.5 Å². The number of rotatable bonds is 5. The molecule has 2 rings (SSSR count). The number of nitrogens with zero attached hydrogens (tertiary/aromatic N) is 3. The van der Waals surface area contributed by atoms with Gasteiger partial charge in [0.1, 0.15) is 0 Å². The van der Waals surface area contributed by atoms with E-state index < -0.39 is 45.0 Å². The Morgan fingerprint density at radius 3 is 2.46 bits per heavy atom. The molecule has 0 saturated heterocycles. The van der Waals surface area contributed by atoms with Crippen molar-refractivity contribution in [3.8, 4) is 0 Å². The Morgan fingerprint density at radius 2 is 1.88 bits per heavy atom. The fourth-order valence-corrected chi connectivity index (χ4v) is 3.48. The monoisotopic (exact) mass is 409 g/mol. The average Bonchev–Trinajstić information content (AvgIpc) is 2.54. The molecule has 26 heavy (non-hydrogen) atoms. The van der Waals surface area contributed by atoms with Crippen molar-refractivity contribution >= 4 is 33.4 Å². The van der Waals surface area contributed by atoms with E-state index in [9.17, 15) is 26.4 Å². The van der Waals surface area contributed by atoms with Crippen molar-refractivity contribution in [1.82, 2.24) is 9.97 Å². The van der Waals surface area contributed by atoms with Crippen molar-refractivity contribution in [1.29, 1.82) is 0 Å². The minimum Gasteiger partial charge on any atom is -0.476 e. The summed E-state index contributed by atoms with van der Waals surface area (Å²) < 4.78 is 64.0. The Labute approximate surface area is 151 Å². The molecule has 12 heteroatoms. The second kappa shape index (κ2) is 7.08. The summed E-state index contributed by atoms with van der Waals surface area (Å²) in [6.45, 7) is 0. The zero-order valence-electron chi connectivity index (χ0n) is 13.0. The maximum atomic E-state index is 12.8. The molecule has 0 unspecified atom stereocenters. The summed E-state index contributed by atoms with van der Waals surface area (Å²) in [5.41, 5.74) is -1.96. The number of alkyl halides is 3. The van der Waals surface area contributed by atoms with Gasteiger partial charge in [0, 0.05) is 24.5 Å². The molecule has 2 aromatic rings. The predicted octanol–water partition coefficient (Wildman–Crippen LogP) is 2.81. The van der Waals surface area contributed by atoms with Gasteiger partial charge in [-0.05, 0) is 23.8 Å². The fraction of sp³-hybridized carbons (Fsp3) is 0.214. The van der Waals surface area contributed by atoms with E-state index in [0.29, 0.717) is 10.4 Å².